The van der Waals surface area contributed by atoms with Crippen molar-refractivity contribution in [1.82, 2.24) is 14.5 Å². The second-order valence-electron chi connectivity index (χ2n) is 9.60. The Labute approximate surface area is 229 Å². The first kappa shape index (κ1) is 28.4. The van der Waals surface area contributed by atoms with Crippen LogP contribution in [0.25, 0.3) is 0 Å². The molecular formula is C29H35N3O6S. The van der Waals surface area contributed by atoms with Gasteiger partial charge in [0.25, 0.3) is 0 Å². The summed E-state index contributed by atoms with van der Waals surface area (Å²) < 4.78 is 37.6. The molecule has 39 heavy (non-hydrogen) atoms. The second kappa shape index (κ2) is 12.9. The summed E-state index contributed by atoms with van der Waals surface area (Å²) in [6, 6.07) is 16.9. The molecular weight excluding hydrogens is 518 g/mol. The van der Waals surface area contributed by atoms with Crippen LogP contribution >= 0.6 is 0 Å². The molecule has 4 rings (SSSR count). The van der Waals surface area contributed by atoms with Crippen LogP contribution < -0.4 is 10.1 Å². The van der Waals surface area contributed by atoms with E-state index in [1.54, 1.807) is 61.6 Å². The maximum Gasteiger partial charge on any atom is 0.243 e. The molecule has 9 nitrogen and oxygen atoms in total. The van der Waals surface area contributed by atoms with Gasteiger partial charge in [-0.3, -0.25) is 9.59 Å². The highest BCUT2D eigenvalue weighted by Crippen LogP contribution is 2.22. The van der Waals surface area contributed by atoms with Gasteiger partial charge >= 0.3 is 0 Å². The van der Waals surface area contributed by atoms with Crippen LogP contribution in [-0.2, 0) is 39.1 Å². The molecule has 2 aromatic carbocycles. The Morgan fingerprint density at radius 3 is 2.31 bits per heavy atom. The SMILES string of the molecule is COc1ccc(CN(C(=O)CCc2ccc(S(=O)(=O)N3CCCC3)cc2)[C@@H](C)C(=O)NCc2ccco2)cc1. The lowest BCUT2D eigenvalue weighted by molar-refractivity contribution is -0.140. The highest BCUT2D eigenvalue weighted by atomic mass is 32.2. The van der Waals surface area contributed by atoms with Gasteiger partial charge in [0.1, 0.15) is 17.6 Å². The molecule has 1 aliphatic rings. The number of sulfonamides is 1. The number of rotatable bonds is 12. The van der Waals surface area contributed by atoms with Gasteiger partial charge in [0.15, 0.2) is 0 Å². The molecule has 1 fully saturated rings. The van der Waals surface area contributed by atoms with Gasteiger partial charge in [0.05, 0.1) is 24.8 Å². The van der Waals surface area contributed by atoms with Gasteiger partial charge in [-0.2, -0.15) is 4.31 Å². The number of furan rings is 1. The van der Waals surface area contributed by atoms with Gasteiger partial charge in [-0.15, -0.1) is 0 Å². The van der Waals surface area contributed by atoms with Crippen LogP contribution in [-0.4, -0.2) is 55.7 Å². The molecule has 3 aromatic rings. The van der Waals surface area contributed by atoms with E-state index in [4.69, 9.17) is 9.15 Å². The van der Waals surface area contributed by atoms with E-state index in [9.17, 15) is 18.0 Å². The van der Waals surface area contributed by atoms with E-state index in [2.05, 4.69) is 5.32 Å². The van der Waals surface area contributed by atoms with E-state index in [1.807, 2.05) is 24.3 Å². The molecule has 0 unspecified atom stereocenters. The van der Waals surface area contributed by atoms with Crippen molar-refractivity contribution in [3.8, 4) is 5.75 Å². The van der Waals surface area contributed by atoms with E-state index >= 15 is 0 Å². The van der Waals surface area contributed by atoms with Crippen molar-refractivity contribution in [2.75, 3.05) is 20.2 Å². The molecule has 0 bridgehead atoms. The molecule has 208 valence electrons. The summed E-state index contributed by atoms with van der Waals surface area (Å²) in [6.07, 6.45) is 3.89. The van der Waals surface area contributed by atoms with E-state index in [0.717, 1.165) is 24.0 Å². The van der Waals surface area contributed by atoms with Crippen LogP contribution in [0.3, 0.4) is 0 Å². The molecule has 0 radical (unpaired) electrons. The average molecular weight is 554 g/mol. The first-order chi connectivity index (χ1) is 18.8. The van der Waals surface area contributed by atoms with Gasteiger partial charge in [-0.1, -0.05) is 24.3 Å². The lowest BCUT2D eigenvalue weighted by atomic mass is 10.1. The lowest BCUT2D eigenvalue weighted by Crippen LogP contribution is -2.47. The fourth-order valence-corrected chi connectivity index (χ4v) is 6.06. The van der Waals surface area contributed by atoms with Crippen molar-refractivity contribution >= 4 is 21.8 Å². The largest absolute Gasteiger partial charge is 0.497 e. The van der Waals surface area contributed by atoms with E-state index in [-0.39, 0.29) is 36.2 Å². The minimum Gasteiger partial charge on any atom is -0.497 e. The Morgan fingerprint density at radius 2 is 1.69 bits per heavy atom. The third-order valence-corrected chi connectivity index (χ3v) is 8.86. The van der Waals surface area contributed by atoms with Crippen LogP contribution in [0.4, 0.5) is 0 Å². The zero-order valence-electron chi connectivity index (χ0n) is 22.3. The molecule has 1 atom stereocenters. The summed E-state index contributed by atoms with van der Waals surface area (Å²) in [5.41, 5.74) is 1.72. The maximum atomic E-state index is 13.4. The van der Waals surface area contributed by atoms with Crippen molar-refractivity contribution in [2.45, 2.75) is 56.6 Å². The molecule has 0 saturated carbocycles. The van der Waals surface area contributed by atoms with E-state index in [0.29, 0.717) is 31.0 Å². The molecule has 2 heterocycles. The van der Waals surface area contributed by atoms with Crippen molar-refractivity contribution in [3.63, 3.8) is 0 Å². The number of hydrogen-bond acceptors (Lipinski definition) is 6. The van der Waals surface area contributed by atoms with Crippen LogP contribution in [0.1, 0.15) is 43.1 Å². The van der Waals surface area contributed by atoms with Gasteiger partial charge < -0.3 is 19.4 Å². The summed E-state index contributed by atoms with van der Waals surface area (Å²) in [7, 11) is -1.90. The van der Waals surface area contributed by atoms with Crippen molar-refractivity contribution < 1.29 is 27.2 Å². The Bertz CT molecular complexity index is 1330. The Balaban J connectivity index is 1.42. The third kappa shape index (κ3) is 7.27. The van der Waals surface area contributed by atoms with Gasteiger partial charge in [-0.25, -0.2) is 8.42 Å². The molecule has 1 aliphatic heterocycles. The predicted octanol–water partition coefficient (Wildman–Crippen LogP) is 3.74. The van der Waals surface area contributed by atoms with Gasteiger partial charge in [0.2, 0.25) is 21.8 Å². The molecule has 10 heteroatoms. The number of amides is 2. The minimum atomic E-state index is -3.48. The molecule has 0 aliphatic carbocycles. The number of ether oxygens (including phenoxy) is 1. The fourth-order valence-electron chi connectivity index (χ4n) is 4.55. The number of nitrogens with one attached hydrogen (secondary N) is 1. The number of carbonyl (C=O) groups is 2. The summed E-state index contributed by atoms with van der Waals surface area (Å²) >= 11 is 0. The number of hydrogen-bond donors (Lipinski definition) is 1. The van der Waals surface area contributed by atoms with E-state index < -0.39 is 16.1 Å². The average Bonchev–Trinajstić information content (AvgIpc) is 3.69. The zero-order valence-corrected chi connectivity index (χ0v) is 23.2. The number of nitrogens with zero attached hydrogens (tertiary/aromatic N) is 2. The smallest absolute Gasteiger partial charge is 0.243 e. The highest BCUT2D eigenvalue weighted by molar-refractivity contribution is 7.89. The number of aryl methyl sites for hydroxylation is 1. The summed E-state index contributed by atoms with van der Waals surface area (Å²) in [5.74, 6) is 0.861. The third-order valence-electron chi connectivity index (χ3n) is 6.95. The van der Waals surface area contributed by atoms with Crippen LogP contribution in [0.5, 0.6) is 5.75 Å². The molecule has 1 saturated heterocycles. The number of benzene rings is 2. The number of methoxy groups -OCH3 is 1. The van der Waals surface area contributed by atoms with Gasteiger partial charge in [0, 0.05) is 26.1 Å². The predicted molar refractivity (Wildman–Crippen MR) is 146 cm³/mol. The normalized spacial score (nSPS) is 14.6. The lowest BCUT2D eigenvalue weighted by Gasteiger charge is -2.29. The highest BCUT2D eigenvalue weighted by Gasteiger charge is 2.28. The summed E-state index contributed by atoms with van der Waals surface area (Å²) in [6.45, 7) is 3.29. The standard InChI is InChI=1S/C29H35N3O6S/c1-22(29(34)30-20-26-6-5-19-38-26)32(21-24-7-12-25(37-2)13-8-24)28(33)16-11-23-9-14-27(15-10-23)39(35,36)31-17-3-4-18-31/h5-10,12-15,19,22H,3-4,11,16-18,20-21H2,1-2H3,(H,30,34)/t22-/m0/s1. The zero-order chi connectivity index (χ0) is 27.8. The second-order valence-corrected chi connectivity index (χ2v) is 11.5. The molecule has 0 spiro atoms. The Morgan fingerprint density at radius 1 is 1.03 bits per heavy atom. The molecule has 1 aromatic heterocycles. The first-order valence-electron chi connectivity index (χ1n) is 13.1. The summed E-state index contributed by atoms with van der Waals surface area (Å²) in [4.78, 5) is 28.2. The Hall–Kier alpha value is -3.63. The molecule has 1 N–H and O–H groups in total. The maximum absolute atomic E-state index is 13.4. The van der Waals surface area contributed by atoms with Crippen LogP contribution in [0.15, 0.2) is 76.2 Å². The monoisotopic (exact) mass is 553 g/mol. The van der Waals surface area contributed by atoms with Crippen molar-refractivity contribution in [2.24, 2.45) is 0 Å². The van der Waals surface area contributed by atoms with Gasteiger partial charge in [-0.05, 0) is 73.7 Å². The van der Waals surface area contributed by atoms with E-state index in [1.165, 1.54) is 4.31 Å². The van der Waals surface area contributed by atoms with Crippen LogP contribution in [0, 0.1) is 0 Å². The summed E-state index contributed by atoms with van der Waals surface area (Å²) in [5, 5.41) is 2.83. The fraction of sp³-hybridized carbons (Fsp3) is 0.379. The quantitative estimate of drug-likeness (QED) is 0.366. The van der Waals surface area contributed by atoms with Crippen LogP contribution in [0.2, 0.25) is 0 Å². The first-order valence-corrected chi connectivity index (χ1v) is 14.5. The molecule has 2 amide bonds. The van der Waals surface area contributed by atoms with Crippen molar-refractivity contribution in [3.05, 3.63) is 83.8 Å². The number of carbonyl (C=O) groups excluding carboxylic acids is 2. The topological polar surface area (TPSA) is 109 Å². The minimum absolute atomic E-state index is 0.171. The van der Waals surface area contributed by atoms with Crippen molar-refractivity contribution in [1.29, 1.82) is 0 Å². The Kier molecular flexibility index (Phi) is 9.42.